The zero-order valence-electron chi connectivity index (χ0n) is 8.75. The average molecular weight is 210 g/mol. The molecule has 0 saturated heterocycles. The summed E-state index contributed by atoms with van der Waals surface area (Å²) in [4.78, 5) is 5.68. The fraction of sp³-hybridized carbons (Fsp3) is 0.727. The predicted molar refractivity (Wildman–Crippen MR) is 61.5 cm³/mol. The van der Waals surface area contributed by atoms with E-state index in [0.717, 1.165) is 16.7 Å². The summed E-state index contributed by atoms with van der Waals surface area (Å²) in [6.07, 6.45) is 8.27. The van der Waals surface area contributed by atoms with Gasteiger partial charge >= 0.3 is 0 Å². The Kier molecular flexibility index (Phi) is 3.06. The first-order valence-corrected chi connectivity index (χ1v) is 6.29. The van der Waals surface area contributed by atoms with Crippen molar-refractivity contribution < 1.29 is 0 Å². The SMILES string of the molecule is Cc1nc(N)sc1CC1CCCCC1. The summed E-state index contributed by atoms with van der Waals surface area (Å²) in [5.74, 6) is 0.891. The Labute approximate surface area is 89.5 Å². The van der Waals surface area contributed by atoms with Gasteiger partial charge in [0.2, 0.25) is 0 Å². The Morgan fingerprint density at radius 1 is 1.36 bits per heavy atom. The second-order valence-corrected chi connectivity index (χ2v) is 5.38. The van der Waals surface area contributed by atoms with Crippen LogP contribution < -0.4 is 5.73 Å². The number of nitrogens with zero attached hydrogens (tertiary/aromatic N) is 1. The summed E-state index contributed by atoms with van der Waals surface area (Å²) >= 11 is 1.67. The average Bonchev–Trinajstić information content (AvgIpc) is 2.47. The number of nitrogens with two attached hydrogens (primary N) is 1. The molecule has 2 nitrogen and oxygen atoms in total. The molecule has 3 heteroatoms. The van der Waals surface area contributed by atoms with Gasteiger partial charge in [-0.05, 0) is 19.3 Å². The van der Waals surface area contributed by atoms with Crippen molar-refractivity contribution in [2.75, 3.05) is 5.73 Å². The lowest BCUT2D eigenvalue weighted by atomic mass is 9.86. The number of aromatic nitrogens is 1. The number of hydrogen-bond donors (Lipinski definition) is 1. The number of aryl methyl sites for hydroxylation is 1. The molecule has 0 atom stereocenters. The van der Waals surface area contributed by atoms with E-state index in [9.17, 15) is 0 Å². The van der Waals surface area contributed by atoms with E-state index in [4.69, 9.17) is 5.73 Å². The van der Waals surface area contributed by atoms with Gasteiger partial charge in [-0.3, -0.25) is 0 Å². The Morgan fingerprint density at radius 2 is 2.07 bits per heavy atom. The van der Waals surface area contributed by atoms with Crippen LogP contribution in [0.3, 0.4) is 0 Å². The van der Waals surface area contributed by atoms with Crippen LogP contribution in [0.25, 0.3) is 0 Å². The summed E-state index contributed by atoms with van der Waals surface area (Å²) in [5.41, 5.74) is 6.84. The maximum Gasteiger partial charge on any atom is 0.180 e. The number of hydrogen-bond acceptors (Lipinski definition) is 3. The molecular formula is C11H18N2S. The molecule has 2 N–H and O–H groups in total. The standard InChI is InChI=1S/C11H18N2S/c1-8-10(14-11(12)13-8)7-9-5-3-2-4-6-9/h9H,2-7H2,1H3,(H2,12,13). The van der Waals surface area contributed by atoms with Crippen LogP contribution in [0.2, 0.25) is 0 Å². The number of thiazole rings is 1. The van der Waals surface area contributed by atoms with Crippen LogP contribution in [-0.2, 0) is 6.42 Å². The second-order valence-electron chi connectivity index (χ2n) is 4.27. The van der Waals surface area contributed by atoms with E-state index >= 15 is 0 Å². The van der Waals surface area contributed by atoms with Gasteiger partial charge in [0.15, 0.2) is 5.13 Å². The van der Waals surface area contributed by atoms with Gasteiger partial charge in [-0.25, -0.2) is 4.98 Å². The van der Waals surface area contributed by atoms with Gasteiger partial charge in [-0.1, -0.05) is 32.1 Å². The molecule has 0 bridgehead atoms. The van der Waals surface area contributed by atoms with E-state index in [1.165, 1.54) is 43.4 Å². The maximum absolute atomic E-state index is 5.69. The first-order chi connectivity index (χ1) is 6.75. The molecule has 1 saturated carbocycles. The number of anilines is 1. The Hall–Kier alpha value is -0.570. The van der Waals surface area contributed by atoms with E-state index in [1.807, 2.05) is 0 Å². The van der Waals surface area contributed by atoms with Gasteiger partial charge in [0.1, 0.15) is 0 Å². The molecule has 0 aromatic carbocycles. The molecule has 2 rings (SSSR count). The van der Waals surface area contributed by atoms with Gasteiger partial charge in [0.05, 0.1) is 5.69 Å². The van der Waals surface area contributed by atoms with Gasteiger partial charge in [-0.15, -0.1) is 11.3 Å². The van der Waals surface area contributed by atoms with Crippen LogP contribution in [0, 0.1) is 12.8 Å². The van der Waals surface area contributed by atoms with E-state index in [0.29, 0.717) is 0 Å². The van der Waals surface area contributed by atoms with Crippen molar-refractivity contribution in [3.8, 4) is 0 Å². The minimum atomic E-state index is 0.730. The summed E-state index contributed by atoms with van der Waals surface area (Å²) < 4.78 is 0. The molecule has 14 heavy (non-hydrogen) atoms. The fourth-order valence-corrected chi connectivity index (χ4v) is 3.24. The topological polar surface area (TPSA) is 38.9 Å². The second kappa shape index (κ2) is 4.30. The van der Waals surface area contributed by atoms with Crippen LogP contribution in [0.5, 0.6) is 0 Å². The van der Waals surface area contributed by atoms with E-state index < -0.39 is 0 Å². The highest BCUT2D eigenvalue weighted by molar-refractivity contribution is 7.15. The largest absolute Gasteiger partial charge is 0.375 e. The predicted octanol–water partition coefficient (Wildman–Crippen LogP) is 3.16. The van der Waals surface area contributed by atoms with Crippen molar-refractivity contribution in [1.82, 2.24) is 4.98 Å². The normalized spacial score (nSPS) is 18.6. The molecule has 0 unspecified atom stereocenters. The monoisotopic (exact) mass is 210 g/mol. The van der Waals surface area contributed by atoms with Gasteiger partial charge < -0.3 is 5.73 Å². The van der Waals surface area contributed by atoms with Crippen LogP contribution in [0.15, 0.2) is 0 Å². The fourth-order valence-electron chi connectivity index (χ4n) is 2.29. The van der Waals surface area contributed by atoms with Crippen molar-refractivity contribution in [2.45, 2.75) is 45.4 Å². The molecule has 1 aliphatic rings. The van der Waals surface area contributed by atoms with Crippen molar-refractivity contribution in [2.24, 2.45) is 5.92 Å². The minimum absolute atomic E-state index is 0.730. The van der Waals surface area contributed by atoms with Crippen molar-refractivity contribution in [3.05, 3.63) is 10.6 Å². The van der Waals surface area contributed by atoms with Crippen molar-refractivity contribution in [3.63, 3.8) is 0 Å². The third-order valence-corrected chi connectivity index (χ3v) is 4.12. The van der Waals surface area contributed by atoms with Gasteiger partial charge in [-0.2, -0.15) is 0 Å². The lowest BCUT2D eigenvalue weighted by Crippen LogP contribution is -2.08. The zero-order valence-corrected chi connectivity index (χ0v) is 9.57. The quantitative estimate of drug-likeness (QED) is 0.814. The molecule has 0 spiro atoms. The molecule has 0 amide bonds. The summed E-state index contributed by atoms with van der Waals surface area (Å²) in [7, 11) is 0. The first-order valence-electron chi connectivity index (χ1n) is 5.47. The van der Waals surface area contributed by atoms with Crippen molar-refractivity contribution in [1.29, 1.82) is 0 Å². The molecule has 1 fully saturated rings. The van der Waals surface area contributed by atoms with Gasteiger partial charge in [0.25, 0.3) is 0 Å². The van der Waals surface area contributed by atoms with Gasteiger partial charge in [0, 0.05) is 4.88 Å². The molecule has 1 heterocycles. The van der Waals surface area contributed by atoms with E-state index in [2.05, 4.69) is 11.9 Å². The third kappa shape index (κ3) is 2.27. The zero-order chi connectivity index (χ0) is 9.97. The molecule has 78 valence electrons. The Bertz CT molecular complexity index is 300. The molecular weight excluding hydrogens is 192 g/mol. The lowest BCUT2D eigenvalue weighted by Gasteiger charge is -2.20. The molecule has 0 aliphatic heterocycles. The Balaban J connectivity index is 1.98. The molecule has 1 aromatic rings. The third-order valence-electron chi connectivity index (χ3n) is 3.11. The molecule has 1 aliphatic carbocycles. The maximum atomic E-state index is 5.69. The molecule has 0 radical (unpaired) electrons. The summed E-state index contributed by atoms with van der Waals surface area (Å²) in [6.45, 7) is 2.07. The summed E-state index contributed by atoms with van der Waals surface area (Å²) in [6, 6.07) is 0. The Morgan fingerprint density at radius 3 is 2.64 bits per heavy atom. The van der Waals surface area contributed by atoms with E-state index in [-0.39, 0.29) is 0 Å². The van der Waals surface area contributed by atoms with Crippen LogP contribution in [0.4, 0.5) is 5.13 Å². The highest BCUT2D eigenvalue weighted by Gasteiger charge is 2.16. The molecule has 1 aromatic heterocycles. The van der Waals surface area contributed by atoms with Crippen LogP contribution >= 0.6 is 11.3 Å². The highest BCUT2D eigenvalue weighted by atomic mass is 32.1. The van der Waals surface area contributed by atoms with Crippen LogP contribution in [-0.4, -0.2) is 4.98 Å². The number of nitrogen functional groups attached to an aromatic ring is 1. The van der Waals surface area contributed by atoms with Crippen molar-refractivity contribution >= 4 is 16.5 Å². The highest BCUT2D eigenvalue weighted by Crippen LogP contribution is 2.30. The smallest absolute Gasteiger partial charge is 0.180 e. The first kappa shape index (κ1) is 9.97. The lowest BCUT2D eigenvalue weighted by molar-refractivity contribution is 0.358. The number of rotatable bonds is 2. The minimum Gasteiger partial charge on any atom is -0.375 e. The van der Waals surface area contributed by atoms with E-state index in [1.54, 1.807) is 11.3 Å². The summed E-state index contributed by atoms with van der Waals surface area (Å²) in [5, 5.41) is 0.730. The van der Waals surface area contributed by atoms with Crippen LogP contribution in [0.1, 0.15) is 42.7 Å².